The average molecular weight is 573 g/mol. The maximum absolute atomic E-state index is 13.8. The number of anilines is 2. The quantitative estimate of drug-likeness (QED) is 0.410. The van der Waals surface area contributed by atoms with E-state index in [-0.39, 0.29) is 10.8 Å². The molecule has 7 rings (SSSR count). The molecule has 1 aliphatic carbocycles. The number of morpholine rings is 1. The number of amides is 1. The first-order valence-corrected chi connectivity index (χ1v) is 16.2. The number of aryl methyl sites for hydroxylation is 1. The van der Waals surface area contributed by atoms with E-state index in [1.807, 2.05) is 30.3 Å². The van der Waals surface area contributed by atoms with Crippen molar-refractivity contribution in [2.24, 2.45) is 0 Å². The molecule has 0 bridgehead atoms. The Morgan fingerprint density at radius 2 is 1.80 bits per heavy atom. The first-order chi connectivity index (χ1) is 20.0. The zero-order valence-corrected chi connectivity index (χ0v) is 24.1. The second-order valence-electron chi connectivity index (χ2n) is 11.4. The van der Waals surface area contributed by atoms with Crippen molar-refractivity contribution in [3.8, 4) is 0 Å². The fourth-order valence-corrected chi connectivity index (χ4v) is 8.32. The van der Waals surface area contributed by atoms with Gasteiger partial charge >= 0.3 is 0 Å². The smallest absolute Gasteiger partial charge is 0.264 e. The topological polar surface area (TPSA) is 94.7 Å². The summed E-state index contributed by atoms with van der Waals surface area (Å²) >= 11 is 0. The lowest BCUT2D eigenvalue weighted by Gasteiger charge is -2.26. The molecule has 4 heterocycles. The molecular weight excluding hydrogens is 536 g/mol. The van der Waals surface area contributed by atoms with Gasteiger partial charge in [-0.25, -0.2) is 8.42 Å². The van der Waals surface area contributed by atoms with Crippen LogP contribution in [0.25, 0.3) is 11.6 Å². The van der Waals surface area contributed by atoms with E-state index in [0.717, 1.165) is 75.5 Å². The summed E-state index contributed by atoms with van der Waals surface area (Å²) in [6.45, 7) is 5.01. The third kappa shape index (κ3) is 4.90. The van der Waals surface area contributed by atoms with Crippen LogP contribution in [0.4, 0.5) is 11.4 Å². The molecule has 2 aromatic carbocycles. The largest absolute Gasteiger partial charge is 0.379 e. The van der Waals surface area contributed by atoms with Crippen LogP contribution in [0.1, 0.15) is 52.9 Å². The van der Waals surface area contributed by atoms with Crippen LogP contribution < -0.4 is 9.62 Å². The van der Waals surface area contributed by atoms with Gasteiger partial charge in [0.15, 0.2) is 0 Å². The summed E-state index contributed by atoms with van der Waals surface area (Å²) in [6, 6.07) is 12.6. The molecule has 3 aliphatic heterocycles. The molecule has 0 saturated carbocycles. The lowest BCUT2D eigenvalue weighted by atomic mass is 9.92. The molecule has 1 aromatic heterocycles. The number of carbonyl (C=O) groups excluding carboxylic acids is 1. The molecule has 0 unspecified atom stereocenters. The first kappa shape index (κ1) is 26.5. The molecule has 1 amide bonds. The second kappa shape index (κ2) is 10.8. The van der Waals surface area contributed by atoms with Crippen LogP contribution in [-0.4, -0.2) is 63.6 Å². The number of H-pyrrole nitrogens is 1. The van der Waals surface area contributed by atoms with Gasteiger partial charge in [-0.15, -0.1) is 0 Å². The number of hydrogen-bond donors (Lipinski definition) is 2. The number of benzene rings is 2. The molecular formula is C32H36N4O4S. The van der Waals surface area contributed by atoms with Gasteiger partial charge in [0, 0.05) is 42.3 Å². The highest BCUT2D eigenvalue weighted by molar-refractivity contribution is 7.92. The van der Waals surface area contributed by atoms with Crippen molar-refractivity contribution in [2.45, 2.75) is 49.8 Å². The highest BCUT2D eigenvalue weighted by Crippen LogP contribution is 2.39. The number of carbonyl (C=O) groups is 1. The van der Waals surface area contributed by atoms with Crippen LogP contribution in [0.5, 0.6) is 0 Å². The van der Waals surface area contributed by atoms with Crippen LogP contribution >= 0.6 is 0 Å². The number of aromatic amines is 1. The predicted molar refractivity (Wildman–Crippen MR) is 161 cm³/mol. The summed E-state index contributed by atoms with van der Waals surface area (Å²) in [7, 11) is -3.77. The van der Waals surface area contributed by atoms with E-state index >= 15 is 0 Å². The number of nitrogens with zero attached hydrogens (tertiary/aromatic N) is 2. The molecule has 214 valence electrons. The number of rotatable bonds is 7. The van der Waals surface area contributed by atoms with Crippen molar-refractivity contribution in [3.05, 3.63) is 76.1 Å². The maximum Gasteiger partial charge on any atom is 0.264 e. The molecule has 4 aliphatic rings. The Hall–Kier alpha value is -3.40. The SMILES string of the molecule is O=C1Nc2ccc(S(=O)(=O)N3CCc4ccccc43)cc2/C1=C/c1[nH]c2c(c1CCCN1CCOCC1)CCCC2. The Kier molecular flexibility index (Phi) is 6.97. The van der Waals surface area contributed by atoms with Gasteiger partial charge < -0.3 is 15.0 Å². The van der Waals surface area contributed by atoms with Crippen LogP contribution in [0.3, 0.4) is 0 Å². The third-order valence-electron chi connectivity index (χ3n) is 8.94. The van der Waals surface area contributed by atoms with E-state index in [0.29, 0.717) is 29.8 Å². The van der Waals surface area contributed by atoms with Gasteiger partial charge in [-0.05, 0) is 98.5 Å². The summed E-state index contributed by atoms with van der Waals surface area (Å²) in [5.74, 6) is -0.201. The second-order valence-corrected chi connectivity index (χ2v) is 13.3. The highest BCUT2D eigenvalue weighted by atomic mass is 32.2. The van der Waals surface area contributed by atoms with E-state index in [9.17, 15) is 13.2 Å². The Balaban J connectivity index is 1.21. The third-order valence-corrected chi connectivity index (χ3v) is 10.8. The Morgan fingerprint density at radius 3 is 2.68 bits per heavy atom. The van der Waals surface area contributed by atoms with E-state index in [4.69, 9.17) is 4.74 Å². The number of sulfonamides is 1. The Bertz CT molecular complexity index is 1630. The Morgan fingerprint density at radius 1 is 0.976 bits per heavy atom. The molecule has 0 spiro atoms. The molecule has 1 saturated heterocycles. The fourth-order valence-electron chi connectivity index (χ4n) is 6.79. The molecule has 2 N–H and O–H groups in total. The molecule has 0 atom stereocenters. The standard InChI is InChI=1S/C32H36N4O4S/c37-32-27(21-30-25(24-7-2-3-9-28(24)33-30)8-5-14-35-16-18-40-19-17-35)26-20-23(11-12-29(26)34-32)41(38,39)36-15-13-22-6-1-4-10-31(22)36/h1,4,6,10-12,20-21,33H,2-3,5,7-9,13-19H2,(H,34,37)/b27-21-. The minimum absolute atomic E-state index is 0.201. The van der Waals surface area contributed by atoms with Crippen molar-refractivity contribution in [1.29, 1.82) is 0 Å². The maximum atomic E-state index is 13.8. The minimum atomic E-state index is -3.77. The van der Waals surface area contributed by atoms with Gasteiger partial charge in [-0.2, -0.15) is 0 Å². The van der Waals surface area contributed by atoms with Gasteiger partial charge in [-0.3, -0.25) is 14.0 Å². The van der Waals surface area contributed by atoms with Crippen molar-refractivity contribution in [3.63, 3.8) is 0 Å². The normalized spacial score (nSPS) is 19.8. The first-order valence-electron chi connectivity index (χ1n) is 14.8. The van der Waals surface area contributed by atoms with E-state index in [1.54, 1.807) is 18.2 Å². The summed E-state index contributed by atoms with van der Waals surface area (Å²) in [4.78, 5) is 19.5. The van der Waals surface area contributed by atoms with Crippen LogP contribution in [0, 0.1) is 0 Å². The summed E-state index contributed by atoms with van der Waals surface area (Å²) < 4.78 is 34.5. The average Bonchev–Trinajstić information content (AvgIpc) is 3.67. The van der Waals surface area contributed by atoms with Gasteiger partial charge in [-0.1, -0.05) is 18.2 Å². The number of para-hydroxylation sites is 1. The Labute approximate surface area is 241 Å². The van der Waals surface area contributed by atoms with E-state index < -0.39 is 10.0 Å². The molecule has 8 nitrogen and oxygen atoms in total. The van der Waals surface area contributed by atoms with Crippen molar-refractivity contribution in [1.82, 2.24) is 9.88 Å². The van der Waals surface area contributed by atoms with Crippen molar-refractivity contribution < 1.29 is 17.9 Å². The van der Waals surface area contributed by atoms with Gasteiger partial charge in [0.2, 0.25) is 0 Å². The monoisotopic (exact) mass is 572 g/mol. The van der Waals surface area contributed by atoms with Crippen LogP contribution in [0.15, 0.2) is 47.4 Å². The van der Waals surface area contributed by atoms with Gasteiger partial charge in [0.05, 0.1) is 29.4 Å². The summed E-state index contributed by atoms with van der Waals surface area (Å²) in [6.07, 6.45) is 9.06. The molecule has 41 heavy (non-hydrogen) atoms. The lowest BCUT2D eigenvalue weighted by molar-refractivity contribution is -0.110. The zero-order valence-electron chi connectivity index (χ0n) is 23.2. The van der Waals surface area contributed by atoms with Gasteiger partial charge in [0.25, 0.3) is 15.9 Å². The number of hydrogen-bond acceptors (Lipinski definition) is 5. The lowest BCUT2D eigenvalue weighted by Crippen LogP contribution is -2.37. The number of aromatic nitrogens is 1. The van der Waals surface area contributed by atoms with Gasteiger partial charge in [0.1, 0.15) is 0 Å². The van der Waals surface area contributed by atoms with Crippen molar-refractivity contribution in [2.75, 3.05) is 49.0 Å². The van der Waals surface area contributed by atoms with Crippen LogP contribution in [0.2, 0.25) is 0 Å². The minimum Gasteiger partial charge on any atom is -0.379 e. The molecule has 3 aromatic rings. The highest BCUT2D eigenvalue weighted by Gasteiger charge is 2.33. The zero-order chi connectivity index (χ0) is 28.0. The van der Waals surface area contributed by atoms with E-state index in [2.05, 4.69) is 15.2 Å². The summed E-state index contributed by atoms with van der Waals surface area (Å²) in [5.41, 5.74) is 8.54. The van der Waals surface area contributed by atoms with Crippen LogP contribution in [-0.2, 0) is 45.2 Å². The number of nitrogens with one attached hydrogen (secondary N) is 2. The fraction of sp³-hybridized carbons (Fsp3) is 0.406. The molecule has 0 radical (unpaired) electrons. The molecule has 1 fully saturated rings. The predicted octanol–water partition coefficient (Wildman–Crippen LogP) is 4.40. The summed E-state index contributed by atoms with van der Waals surface area (Å²) in [5, 5.41) is 2.95. The molecule has 9 heteroatoms. The number of ether oxygens (including phenoxy) is 1. The van der Waals surface area contributed by atoms with Crippen molar-refractivity contribution >= 4 is 39.0 Å². The number of fused-ring (bicyclic) bond motifs is 3. The van der Waals surface area contributed by atoms with E-state index in [1.165, 1.54) is 34.0 Å².